The summed E-state index contributed by atoms with van der Waals surface area (Å²) in [5.41, 5.74) is 0.580. The third-order valence-corrected chi connectivity index (χ3v) is 3.44. The lowest BCUT2D eigenvalue weighted by Crippen LogP contribution is -2.32. The first-order chi connectivity index (χ1) is 8.60. The van der Waals surface area contributed by atoms with E-state index in [1.807, 2.05) is 20.8 Å². The molecule has 0 unspecified atom stereocenters. The number of nitrogens with zero attached hydrogens (tertiary/aromatic N) is 2. The largest absolute Gasteiger partial charge is 0.343 e. The predicted molar refractivity (Wildman–Crippen MR) is 72.9 cm³/mol. The molecule has 0 spiro atoms. The normalized spacial score (nSPS) is 10.4. The Bertz CT molecular complexity index is 455. The SMILES string of the molecule is CCc1cc(=O)[nH]c(SCC(=O)N(CC)CC)n1. The van der Waals surface area contributed by atoms with Crippen molar-refractivity contribution in [3.8, 4) is 0 Å². The summed E-state index contributed by atoms with van der Waals surface area (Å²) in [6, 6.07) is 1.48. The first-order valence-electron chi connectivity index (χ1n) is 6.11. The van der Waals surface area contributed by atoms with E-state index in [4.69, 9.17) is 0 Å². The number of rotatable bonds is 6. The lowest BCUT2D eigenvalue weighted by Gasteiger charge is -2.17. The molecule has 0 saturated heterocycles. The molecule has 0 radical (unpaired) electrons. The summed E-state index contributed by atoms with van der Waals surface area (Å²) < 4.78 is 0. The predicted octanol–water partition coefficient (Wildman–Crippen LogP) is 1.29. The van der Waals surface area contributed by atoms with Gasteiger partial charge in [-0.3, -0.25) is 9.59 Å². The highest BCUT2D eigenvalue weighted by Crippen LogP contribution is 2.12. The Morgan fingerprint density at radius 1 is 1.39 bits per heavy atom. The van der Waals surface area contributed by atoms with Gasteiger partial charge in [0.05, 0.1) is 5.75 Å². The van der Waals surface area contributed by atoms with Crippen LogP contribution in [0.5, 0.6) is 0 Å². The fraction of sp³-hybridized carbons (Fsp3) is 0.583. The van der Waals surface area contributed by atoms with Crippen LogP contribution in [0, 0.1) is 0 Å². The van der Waals surface area contributed by atoms with Gasteiger partial charge in [-0.1, -0.05) is 18.7 Å². The molecule has 0 bridgehead atoms. The summed E-state index contributed by atoms with van der Waals surface area (Å²) in [5, 5.41) is 0.514. The number of aryl methyl sites for hydroxylation is 1. The Labute approximate surface area is 111 Å². The second kappa shape index (κ2) is 7.20. The van der Waals surface area contributed by atoms with Crippen molar-refractivity contribution in [3.63, 3.8) is 0 Å². The van der Waals surface area contributed by atoms with Crippen LogP contribution in [0.3, 0.4) is 0 Å². The molecule has 0 aliphatic carbocycles. The molecule has 100 valence electrons. The molecular formula is C12H19N3O2S. The minimum atomic E-state index is -0.167. The zero-order valence-electron chi connectivity index (χ0n) is 11.0. The van der Waals surface area contributed by atoms with Gasteiger partial charge in [0.15, 0.2) is 5.16 Å². The van der Waals surface area contributed by atoms with E-state index in [9.17, 15) is 9.59 Å². The molecule has 0 aromatic carbocycles. The highest BCUT2D eigenvalue weighted by molar-refractivity contribution is 7.99. The maximum Gasteiger partial charge on any atom is 0.251 e. The van der Waals surface area contributed by atoms with Crippen molar-refractivity contribution in [2.45, 2.75) is 32.3 Å². The molecule has 1 heterocycles. The third kappa shape index (κ3) is 4.18. The Kier molecular flexibility index (Phi) is 5.91. The summed E-state index contributed by atoms with van der Waals surface area (Å²) in [4.78, 5) is 31.8. The number of nitrogens with one attached hydrogen (secondary N) is 1. The van der Waals surface area contributed by atoms with Gasteiger partial charge >= 0.3 is 0 Å². The molecular weight excluding hydrogens is 250 g/mol. The van der Waals surface area contributed by atoms with E-state index in [0.717, 1.165) is 5.69 Å². The van der Waals surface area contributed by atoms with Crippen LogP contribution >= 0.6 is 11.8 Å². The molecule has 18 heavy (non-hydrogen) atoms. The maximum absolute atomic E-state index is 11.8. The first kappa shape index (κ1) is 14.8. The lowest BCUT2D eigenvalue weighted by molar-refractivity contribution is -0.127. The van der Waals surface area contributed by atoms with Crippen molar-refractivity contribution >= 4 is 17.7 Å². The van der Waals surface area contributed by atoms with Crippen molar-refractivity contribution in [1.29, 1.82) is 0 Å². The number of aromatic nitrogens is 2. The fourth-order valence-electron chi connectivity index (χ4n) is 1.53. The topological polar surface area (TPSA) is 66.1 Å². The maximum atomic E-state index is 11.8. The second-order valence-corrected chi connectivity index (χ2v) is 4.71. The Hall–Kier alpha value is -1.30. The van der Waals surface area contributed by atoms with Gasteiger partial charge in [0, 0.05) is 24.8 Å². The molecule has 6 heteroatoms. The van der Waals surface area contributed by atoms with Crippen LogP contribution in [0.15, 0.2) is 16.0 Å². The number of amides is 1. The van der Waals surface area contributed by atoms with E-state index in [0.29, 0.717) is 30.4 Å². The molecule has 1 amide bonds. The molecule has 1 rings (SSSR count). The number of hydrogen-bond acceptors (Lipinski definition) is 4. The highest BCUT2D eigenvalue weighted by Gasteiger charge is 2.11. The fourth-order valence-corrected chi connectivity index (χ4v) is 2.33. The van der Waals surface area contributed by atoms with Crippen LogP contribution in [-0.4, -0.2) is 39.6 Å². The van der Waals surface area contributed by atoms with Crippen molar-refractivity contribution in [2.24, 2.45) is 0 Å². The number of H-pyrrole nitrogens is 1. The quantitative estimate of drug-likeness (QED) is 0.624. The average Bonchev–Trinajstić information content (AvgIpc) is 2.37. The number of carbonyl (C=O) groups is 1. The van der Waals surface area contributed by atoms with Crippen LogP contribution in [0.1, 0.15) is 26.5 Å². The Morgan fingerprint density at radius 3 is 2.61 bits per heavy atom. The van der Waals surface area contributed by atoms with E-state index >= 15 is 0 Å². The molecule has 0 saturated carbocycles. The zero-order chi connectivity index (χ0) is 13.5. The Balaban J connectivity index is 2.66. The summed E-state index contributed by atoms with van der Waals surface area (Å²) in [6.07, 6.45) is 0.710. The first-order valence-corrected chi connectivity index (χ1v) is 7.10. The van der Waals surface area contributed by atoms with E-state index in [2.05, 4.69) is 9.97 Å². The third-order valence-electron chi connectivity index (χ3n) is 2.58. The smallest absolute Gasteiger partial charge is 0.251 e. The molecule has 0 fully saturated rings. The van der Waals surface area contributed by atoms with Gasteiger partial charge in [-0.05, 0) is 20.3 Å². The summed E-state index contributed by atoms with van der Waals surface area (Å²) in [6.45, 7) is 7.24. The summed E-state index contributed by atoms with van der Waals surface area (Å²) >= 11 is 1.27. The molecule has 1 aromatic rings. The van der Waals surface area contributed by atoms with E-state index in [1.54, 1.807) is 4.90 Å². The van der Waals surface area contributed by atoms with Crippen molar-refractivity contribution < 1.29 is 4.79 Å². The standard InChI is InChI=1S/C12H19N3O2S/c1-4-9-7-10(16)14-12(13-9)18-8-11(17)15(5-2)6-3/h7H,4-6,8H2,1-3H3,(H,13,14,16). The molecule has 0 aliphatic heterocycles. The van der Waals surface area contributed by atoms with Gasteiger partial charge in [0.1, 0.15) is 0 Å². The second-order valence-electron chi connectivity index (χ2n) is 3.75. The van der Waals surface area contributed by atoms with E-state index in [1.165, 1.54) is 17.8 Å². The van der Waals surface area contributed by atoms with Gasteiger partial charge < -0.3 is 9.88 Å². The number of hydrogen-bond donors (Lipinski definition) is 1. The van der Waals surface area contributed by atoms with Gasteiger partial charge in [-0.2, -0.15) is 0 Å². The van der Waals surface area contributed by atoms with Crippen LogP contribution in [-0.2, 0) is 11.2 Å². The molecule has 1 aromatic heterocycles. The number of thioether (sulfide) groups is 1. The average molecular weight is 269 g/mol. The summed E-state index contributed by atoms with van der Waals surface area (Å²) in [7, 11) is 0. The van der Waals surface area contributed by atoms with Gasteiger partial charge in [-0.15, -0.1) is 0 Å². The molecule has 0 aliphatic rings. The van der Waals surface area contributed by atoms with Crippen LogP contribution < -0.4 is 5.56 Å². The van der Waals surface area contributed by atoms with Crippen LogP contribution in [0.2, 0.25) is 0 Å². The minimum absolute atomic E-state index is 0.0644. The van der Waals surface area contributed by atoms with Gasteiger partial charge in [-0.25, -0.2) is 4.98 Å². The highest BCUT2D eigenvalue weighted by atomic mass is 32.2. The lowest BCUT2D eigenvalue weighted by atomic mass is 10.3. The van der Waals surface area contributed by atoms with E-state index < -0.39 is 0 Å². The van der Waals surface area contributed by atoms with Gasteiger partial charge in [0.2, 0.25) is 5.91 Å². The zero-order valence-corrected chi connectivity index (χ0v) is 11.8. The number of aromatic amines is 1. The van der Waals surface area contributed by atoms with Crippen molar-refractivity contribution in [2.75, 3.05) is 18.8 Å². The molecule has 5 nitrogen and oxygen atoms in total. The number of carbonyl (C=O) groups excluding carboxylic acids is 1. The summed E-state index contributed by atoms with van der Waals surface area (Å²) in [5.74, 6) is 0.368. The van der Waals surface area contributed by atoms with Crippen molar-refractivity contribution in [3.05, 3.63) is 22.1 Å². The van der Waals surface area contributed by atoms with Crippen molar-refractivity contribution in [1.82, 2.24) is 14.9 Å². The monoisotopic (exact) mass is 269 g/mol. The Morgan fingerprint density at radius 2 is 2.06 bits per heavy atom. The van der Waals surface area contributed by atoms with Crippen LogP contribution in [0.4, 0.5) is 0 Å². The van der Waals surface area contributed by atoms with Crippen LogP contribution in [0.25, 0.3) is 0 Å². The van der Waals surface area contributed by atoms with Gasteiger partial charge in [0.25, 0.3) is 5.56 Å². The minimum Gasteiger partial charge on any atom is -0.343 e. The molecule has 0 atom stereocenters. The van der Waals surface area contributed by atoms with E-state index in [-0.39, 0.29) is 11.5 Å². The molecule has 1 N–H and O–H groups in total.